The smallest absolute Gasteiger partial charge is 0.226 e. The number of benzene rings is 1. The normalized spacial score (nSPS) is 16.1. The van der Waals surface area contributed by atoms with Gasteiger partial charge in [0.2, 0.25) is 11.8 Å². The lowest BCUT2D eigenvalue weighted by Gasteiger charge is -2.17. The van der Waals surface area contributed by atoms with Crippen LogP contribution in [-0.4, -0.2) is 17.9 Å². The van der Waals surface area contributed by atoms with Gasteiger partial charge < -0.3 is 16.4 Å². The van der Waals surface area contributed by atoms with Crippen LogP contribution in [0.15, 0.2) is 16.6 Å². The summed E-state index contributed by atoms with van der Waals surface area (Å²) in [6, 6.07) is 3.48. The second-order valence-corrected chi connectivity index (χ2v) is 7.24. The second kappa shape index (κ2) is 7.81. The quantitative estimate of drug-likeness (QED) is 0.683. The summed E-state index contributed by atoms with van der Waals surface area (Å²) >= 11 is 3.39. The third-order valence-corrected chi connectivity index (χ3v) is 4.69. The molecule has 0 aliphatic heterocycles. The Hall–Kier alpha value is -1.56. The van der Waals surface area contributed by atoms with Crippen molar-refractivity contribution in [3.05, 3.63) is 22.2 Å². The van der Waals surface area contributed by atoms with Gasteiger partial charge in [-0.15, -0.1) is 0 Å². The fraction of sp³-hybridized carbons (Fsp3) is 0.529. The van der Waals surface area contributed by atoms with Gasteiger partial charge in [0.25, 0.3) is 0 Å². The first-order chi connectivity index (χ1) is 10.9. The summed E-state index contributed by atoms with van der Waals surface area (Å²) in [4.78, 5) is 24.2. The number of hydrogen-bond acceptors (Lipinski definition) is 3. The fourth-order valence-corrected chi connectivity index (χ4v) is 3.51. The molecule has 0 bridgehead atoms. The number of nitrogen functional groups attached to an aromatic ring is 1. The Morgan fingerprint density at radius 2 is 2.00 bits per heavy atom. The number of amides is 2. The SMILES string of the molecule is Cc1cc(Br)cc(NC(=O)CC(C)NC(=O)C2CCCC2)c1N. The topological polar surface area (TPSA) is 84.2 Å². The Kier molecular flexibility index (Phi) is 6.04. The largest absolute Gasteiger partial charge is 0.397 e. The third-order valence-electron chi connectivity index (χ3n) is 4.23. The first-order valence-electron chi connectivity index (χ1n) is 8.02. The van der Waals surface area contributed by atoms with E-state index < -0.39 is 0 Å². The highest BCUT2D eigenvalue weighted by Gasteiger charge is 2.24. The predicted molar refractivity (Wildman–Crippen MR) is 96.1 cm³/mol. The molecule has 2 amide bonds. The molecule has 23 heavy (non-hydrogen) atoms. The van der Waals surface area contributed by atoms with Gasteiger partial charge in [-0.2, -0.15) is 0 Å². The van der Waals surface area contributed by atoms with E-state index in [1.54, 1.807) is 6.07 Å². The number of anilines is 2. The zero-order chi connectivity index (χ0) is 17.0. The second-order valence-electron chi connectivity index (χ2n) is 6.33. The molecule has 0 spiro atoms. The van der Waals surface area contributed by atoms with E-state index in [0.29, 0.717) is 11.4 Å². The maximum Gasteiger partial charge on any atom is 0.226 e. The highest BCUT2D eigenvalue weighted by Crippen LogP contribution is 2.28. The molecule has 1 aliphatic carbocycles. The first-order valence-corrected chi connectivity index (χ1v) is 8.82. The summed E-state index contributed by atoms with van der Waals surface area (Å²) in [5.41, 5.74) is 8.04. The maximum atomic E-state index is 12.2. The zero-order valence-corrected chi connectivity index (χ0v) is 15.2. The van der Waals surface area contributed by atoms with Crippen molar-refractivity contribution in [2.75, 3.05) is 11.1 Å². The van der Waals surface area contributed by atoms with Crippen LogP contribution in [-0.2, 0) is 9.59 Å². The lowest BCUT2D eigenvalue weighted by molar-refractivity contribution is -0.125. The minimum absolute atomic E-state index is 0.0700. The van der Waals surface area contributed by atoms with E-state index in [1.165, 1.54) is 0 Å². The Labute approximate surface area is 145 Å². The van der Waals surface area contributed by atoms with Crippen LogP contribution in [0.2, 0.25) is 0 Å². The van der Waals surface area contributed by atoms with Crippen LogP contribution in [0.1, 0.15) is 44.6 Å². The maximum absolute atomic E-state index is 12.2. The number of carbonyl (C=O) groups excluding carboxylic acids is 2. The summed E-state index contributed by atoms with van der Waals surface area (Å²) < 4.78 is 0.863. The number of carbonyl (C=O) groups is 2. The molecule has 0 heterocycles. The number of nitrogens with one attached hydrogen (secondary N) is 2. The van der Waals surface area contributed by atoms with E-state index >= 15 is 0 Å². The molecule has 1 aromatic carbocycles. The van der Waals surface area contributed by atoms with E-state index in [0.717, 1.165) is 35.7 Å². The zero-order valence-electron chi connectivity index (χ0n) is 13.6. The van der Waals surface area contributed by atoms with Crippen LogP contribution >= 0.6 is 15.9 Å². The van der Waals surface area contributed by atoms with Crippen molar-refractivity contribution in [1.82, 2.24) is 5.32 Å². The molecule has 5 nitrogen and oxygen atoms in total. The molecule has 0 aromatic heterocycles. The Morgan fingerprint density at radius 3 is 2.65 bits per heavy atom. The van der Waals surface area contributed by atoms with Gasteiger partial charge in [-0.3, -0.25) is 9.59 Å². The monoisotopic (exact) mass is 381 g/mol. The molecular formula is C17H24BrN3O2. The van der Waals surface area contributed by atoms with Gasteiger partial charge in [0.1, 0.15) is 0 Å². The van der Waals surface area contributed by atoms with E-state index in [-0.39, 0.29) is 30.2 Å². The number of aryl methyl sites for hydroxylation is 1. The molecular weight excluding hydrogens is 358 g/mol. The Balaban J connectivity index is 1.88. The van der Waals surface area contributed by atoms with Crippen molar-refractivity contribution in [2.45, 2.75) is 52.0 Å². The summed E-state index contributed by atoms with van der Waals surface area (Å²) in [5.74, 6) is 0.0259. The molecule has 1 atom stereocenters. The Morgan fingerprint density at radius 1 is 1.35 bits per heavy atom. The first kappa shape index (κ1) is 17.8. The molecule has 1 saturated carbocycles. The predicted octanol–water partition coefficient (Wildman–Crippen LogP) is 3.36. The van der Waals surface area contributed by atoms with E-state index in [1.807, 2.05) is 19.9 Å². The van der Waals surface area contributed by atoms with Crippen molar-refractivity contribution in [3.8, 4) is 0 Å². The van der Waals surface area contributed by atoms with E-state index in [4.69, 9.17) is 5.73 Å². The summed E-state index contributed by atoms with van der Waals surface area (Å²) in [5, 5.41) is 5.76. The average Bonchev–Trinajstić information content (AvgIpc) is 2.98. The van der Waals surface area contributed by atoms with Gasteiger partial charge >= 0.3 is 0 Å². The van der Waals surface area contributed by atoms with Gasteiger partial charge in [-0.05, 0) is 44.4 Å². The van der Waals surface area contributed by atoms with Crippen LogP contribution in [0, 0.1) is 12.8 Å². The van der Waals surface area contributed by atoms with Crippen molar-refractivity contribution < 1.29 is 9.59 Å². The molecule has 1 fully saturated rings. The van der Waals surface area contributed by atoms with Gasteiger partial charge in [0.05, 0.1) is 11.4 Å². The summed E-state index contributed by atoms with van der Waals surface area (Å²) in [7, 11) is 0. The molecule has 0 radical (unpaired) electrons. The molecule has 0 saturated heterocycles. The van der Waals surface area contributed by atoms with Crippen LogP contribution in [0.4, 0.5) is 11.4 Å². The highest BCUT2D eigenvalue weighted by molar-refractivity contribution is 9.10. The lowest BCUT2D eigenvalue weighted by atomic mass is 10.1. The molecule has 1 unspecified atom stereocenters. The molecule has 6 heteroatoms. The standard InChI is InChI=1S/C17H24BrN3O2/c1-10-7-13(18)9-14(16(10)19)21-15(22)8-11(2)20-17(23)12-5-3-4-6-12/h7,9,11-12H,3-6,8,19H2,1-2H3,(H,20,23)(H,21,22). The fourth-order valence-electron chi connectivity index (χ4n) is 2.94. The van der Waals surface area contributed by atoms with Crippen molar-refractivity contribution in [3.63, 3.8) is 0 Å². The minimum atomic E-state index is -0.197. The van der Waals surface area contributed by atoms with Crippen molar-refractivity contribution >= 4 is 39.1 Å². The van der Waals surface area contributed by atoms with Gasteiger partial charge in [-0.25, -0.2) is 0 Å². The van der Waals surface area contributed by atoms with E-state index in [2.05, 4.69) is 26.6 Å². The van der Waals surface area contributed by atoms with Gasteiger partial charge in [0.15, 0.2) is 0 Å². The third kappa shape index (κ3) is 4.96. The van der Waals surface area contributed by atoms with Crippen LogP contribution in [0.5, 0.6) is 0 Å². The van der Waals surface area contributed by atoms with Gasteiger partial charge in [0, 0.05) is 22.9 Å². The minimum Gasteiger partial charge on any atom is -0.397 e. The number of hydrogen-bond donors (Lipinski definition) is 3. The highest BCUT2D eigenvalue weighted by atomic mass is 79.9. The molecule has 2 rings (SSSR count). The van der Waals surface area contributed by atoms with E-state index in [9.17, 15) is 9.59 Å². The number of nitrogens with two attached hydrogens (primary N) is 1. The molecule has 4 N–H and O–H groups in total. The van der Waals surface area contributed by atoms with Crippen molar-refractivity contribution in [1.29, 1.82) is 0 Å². The number of rotatable bonds is 5. The molecule has 1 aromatic rings. The van der Waals surface area contributed by atoms with Crippen LogP contribution in [0.25, 0.3) is 0 Å². The molecule has 1 aliphatic rings. The van der Waals surface area contributed by atoms with Gasteiger partial charge in [-0.1, -0.05) is 28.8 Å². The Bertz CT molecular complexity index is 598. The summed E-state index contributed by atoms with van der Waals surface area (Å²) in [6.07, 6.45) is 4.38. The summed E-state index contributed by atoms with van der Waals surface area (Å²) in [6.45, 7) is 3.74. The van der Waals surface area contributed by atoms with Crippen LogP contribution in [0.3, 0.4) is 0 Å². The average molecular weight is 382 g/mol. The van der Waals surface area contributed by atoms with Crippen LogP contribution < -0.4 is 16.4 Å². The van der Waals surface area contributed by atoms with Crippen molar-refractivity contribution in [2.24, 2.45) is 5.92 Å². The molecule has 126 valence electrons. The number of halogens is 1. The lowest BCUT2D eigenvalue weighted by Crippen LogP contribution is -2.38.